The zero-order valence-electron chi connectivity index (χ0n) is 18.9. The van der Waals surface area contributed by atoms with Crippen LogP contribution in [0, 0.1) is 5.92 Å². The summed E-state index contributed by atoms with van der Waals surface area (Å²) in [4.78, 5) is 35.7. The van der Waals surface area contributed by atoms with E-state index in [0.717, 1.165) is 41.5 Å². The topological polar surface area (TPSA) is 125 Å². The minimum absolute atomic E-state index is 0.0423. The number of hydrogen-bond donors (Lipinski definition) is 4. The maximum absolute atomic E-state index is 12.7. The first kappa shape index (κ1) is 23.8. The zero-order valence-corrected chi connectivity index (χ0v) is 18.9. The second-order valence-corrected chi connectivity index (χ2v) is 9.03. The van der Waals surface area contributed by atoms with E-state index in [9.17, 15) is 19.5 Å². The molecule has 2 atom stereocenters. The van der Waals surface area contributed by atoms with Crippen LogP contribution in [0.1, 0.15) is 49.1 Å². The minimum Gasteiger partial charge on any atom is -0.481 e. The molecular formula is C26H30N2O6. The Bertz CT molecular complexity index is 1010. The van der Waals surface area contributed by atoms with Crippen LogP contribution in [0.15, 0.2) is 48.5 Å². The Kier molecular flexibility index (Phi) is 7.47. The number of fused-ring (bicyclic) bond motifs is 3. The van der Waals surface area contributed by atoms with Crippen LogP contribution in [0.25, 0.3) is 11.1 Å². The number of carbonyl (C=O) groups is 3. The average Bonchev–Trinajstić information content (AvgIpc) is 3.08. The van der Waals surface area contributed by atoms with Crippen molar-refractivity contribution in [2.24, 2.45) is 5.92 Å². The highest BCUT2D eigenvalue weighted by Crippen LogP contribution is 2.44. The molecule has 2 aliphatic rings. The number of aliphatic hydroxyl groups excluding tert-OH is 1. The summed E-state index contributed by atoms with van der Waals surface area (Å²) in [6.07, 6.45) is 0.786. The van der Waals surface area contributed by atoms with E-state index in [1.54, 1.807) is 0 Å². The monoisotopic (exact) mass is 466 g/mol. The fourth-order valence-electron chi connectivity index (χ4n) is 4.75. The largest absolute Gasteiger partial charge is 0.481 e. The van der Waals surface area contributed by atoms with Gasteiger partial charge in [-0.25, -0.2) is 4.79 Å². The zero-order chi connectivity index (χ0) is 24.1. The number of carboxylic acid groups (broad SMARTS) is 1. The highest BCUT2D eigenvalue weighted by molar-refractivity contribution is 5.79. The summed E-state index contributed by atoms with van der Waals surface area (Å²) < 4.78 is 5.63. The lowest BCUT2D eigenvalue weighted by Gasteiger charge is -2.33. The van der Waals surface area contributed by atoms with E-state index in [2.05, 4.69) is 34.9 Å². The number of alkyl carbamates (subject to hydrolysis) is 1. The van der Waals surface area contributed by atoms with Crippen LogP contribution >= 0.6 is 0 Å². The van der Waals surface area contributed by atoms with E-state index < -0.39 is 24.6 Å². The smallest absolute Gasteiger partial charge is 0.407 e. The van der Waals surface area contributed by atoms with Crippen LogP contribution in [0.2, 0.25) is 0 Å². The molecular weight excluding hydrogens is 436 g/mol. The SMILES string of the molecule is O=C(O)CC(O)CNC(=O)CC(NC(=O)OCC1c2ccccc2-c2ccccc21)C1CCC1. The summed E-state index contributed by atoms with van der Waals surface area (Å²) >= 11 is 0. The molecule has 0 aromatic heterocycles. The molecule has 1 saturated carbocycles. The Hall–Kier alpha value is -3.39. The summed E-state index contributed by atoms with van der Waals surface area (Å²) in [7, 11) is 0. The predicted octanol–water partition coefficient (Wildman–Crippen LogP) is 3.04. The van der Waals surface area contributed by atoms with Crippen LogP contribution < -0.4 is 10.6 Å². The van der Waals surface area contributed by atoms with Crippen molar-refractivity contribution >= 4 is 18.0 Å². The molecule has 2 aromatic carbocycles. The van der Waals surface area contributed by atoms with Gasteiger partial charge in [0, 0.05) is 24.9 Å². The molecule has 2 unspecified atom stereocenters. The number of carbonyl (C=O) groups excluding carboxylic acids is 2. The number of amides is 2. The fourth-order valence-corrected chi connectivity index (χ4v) is 4.75. The number of carboxylic acids is 1. The van der Waals surface area contributed by atoms with Crippen molar-refractivity contribution in [3.8, 4) is 11.1 Å². The van der Waals surface area contributed by atoms with Crippen molar-refractivity contribution in [2.45, 2.75) is 50.2 Å². The van der Waals surface area contributed by atoms with Gasteiger partial charge in [0.05, 0.1) is 12.5 Å². The highest BCUT2D eigenvalue weighted by atomic mass is 16.5. The van der Waals surface area contributed by atoms with Crippen molar-refractivity contribution in [3.63, 3.8) is 0 Å². The van der Waals surface area contributed by atoms with Crippen molar-refractivity contribution in [1.29, 1.82) is 0 Å². The summed E-state index contributed by atoms with van der Waals surface area (Å²) in [6, 6.07) is 15.9. The standard InChI is InChI=1S/C26H30N2O6/c29-17(12-25(31)32)14-27-24(30)13-23(16-6-5-7-16)28-26(33)34-15-22-20-10-3-1-8-18(20)19-9-2-4-11-21(19)22/h1-4,8-11,16-17,22-23,29H,5-7,12-15H2,(H,27,30)(H,28,33)(H,31,32). The molecule has 0 radical (unpaired) electrons. The molecule has 34 heavy (non-hydrogen) atoms. The van der Waals surface area contributed by atoms with Gasteiger partial charge in [-0.05, 0) is 41.0 Å². The number of nitrogens with one attached hydrogen (secondary N) is 2. The minimum atomic E-state index is -1.15. The van der Waals surface area contributed by atoms with E-state index in [4.69, 9.17) is 9.84 Å². The van der Waals surface area contributed by atoms with Gasteiger partial charge in [-0.3, -0.25) is 9.59 Å². The molecule has 0 saturated heterocycles. The van der Waals surface area contributed by atoms with Gasteiger partial charge in [-0.15, -0.1) is 0 Å². The number of hydrogen-bond acceptors (Lipinski definition) is 5. The van der Waals surface area contributed by atoms with Crippen molar-refractivity contribution in [2.75, 3.05) is 13.2 Å². The molecule has 2 amide bonds. The van der Waals surface area contributed by atoms with E-state index in [1.807, 2.05) is 24.3 Å². The Labute approximate surface area is 198 Å². The van der Waals surface area contributed by atoms with Gasteiger partial charge in [0.2, 0.25) is 5.91 Å². The van der Waals surface area contributed by atoms with Crippen molar-refractivity contribution < 1.29 is 29.3 Å². The van der Waals surface area contributed by atoms with Crippen LogP contribution in [0.5, 0.6) is 0 Å². The van der Waals surface area contributed by atoms with E-state index in [-0.39, 0.29) is 43.4 Å². The average molecular weight is 467 g/mol. The maximum Gasteiger partial charge on any atom is 0.407 e. The molecule has 2 aromatic rings. The molecule has 0 aliphatic heterocycles. The molecule has 0 bridgehead atoms. The van der Waals surface area contributed by atoms with Gasteiger partial charge >= 0.3 is 12.1 Å². The number of aliphatic hydroxyl groups is 1. The lowest BCUT2D eigenvalue weighted by molar-refractivity contribution is -0.139. The number of rotatable bonds is 10. The fraction of sp³-hybridized carbons (Fsp3) is 0.423. The predicted molar refractivity (Wildman–Crippen MR) is 125 cm³/mol. The van der Waals surface area contributed by atoms with Gasteiger partial charge in [0.1, 0.15) is 6.61 Å². The molecule has 4 rings (SSSR count). The molecule has 8 nitrogen and oxygen atoms in total. The third-order valence-corrected chi connectivity index (χ3v) is 6.72. The Morgan fingerprint density at radius 3 is 2.15 bits per heavy atom. The summed E-state index contributed by atoms with van der Waals surface area (Å²) in [6.45, 7) is 0.0539. The van der Waals surface area contributed by atoms with Gasteiger partial charge in [0.15, 0.2) is 0 Å². The molecule has 2 aliphatic carbocycles. The number of benzene rings is 2. The maximum atomic E-state index is 12.7. The molecule has 8 heteroatoms. The first-order valence-electron chi connectivity index (χ1n) is 11.7. The number of ether oxygens (including phenoxy) is 1. The number of aliphatic carboxylic acids is 1. The van der Waals surface area contributed by atoms with Gasteiger partial charge < -0.3 is 25.6 Å². The molecule has 0 heterocycles. The molecule has 180 valence electrons. The quantitative estimate of drug-likeness (QED) is 0.427. The van der Waals surface area contributed by atoms with Crippen LogP contribution in [0.4, 0.5) is 4.79 Å². The summed E-state index contributed by atoms with van der Waals surface area (Å²) in [5.74, 6) is -1.33. The molecule has 4 N–H and O–H groups in total. The summed E-state index contributed by atoms with van der Waals surface area (Å²) in [5.41, 5.74) is 4.57. The van der Waals surface area contributed by atoms with Gasteiger partial charge in [-0.2, -0.15) is 0 Å². The van der Waals surface area contributed by atoms with Crippen LogP contribution in [-0.2, 0) is 14.3 Å². The van der Waals surface area contributed by atoms with Gasteiger partial charge in [-0.1, -0.05) is 55.0 Å². The Morgan fingerprint density at radius 1 is 0.971 bits per heavy atom. The lowest BCUT2D eigenvalue weighted by Crippen LogP contribution is -2.46. The van der Waals surface area contributed by atoms with Crippen molar-refractivity contribution in [3.05, 3.63) is 59.7 Å². The highest BCUT2D eigenvalue weighted by Gasteiger charge is 2.32. The Balaban J connectivity index is 1.32. The normalized spacial score (nSPS) is 16.5. The third-order valence-electron chi connectivity index (χ3n) is 6.72. The summed E-state index contributed by atoms with van der Waals surface area (Å²) in [5, 5.41) is 23.8. The second kappa shape index (κ2) is 10.7. The van der Waals surface area contributed by atoms with Crippen molar-refractivity contribution in [1.82, 2.24) is 10.6 Å². The van der Waals surface area contributed by atoms with Gasteiger partial charge in [0.25, 0.3) is 0 Å². The first-order chi connectivity index (χ1) is 16.4. The van der Waals surface area contributed by atoms with Crippen LogP contribution in [0.3, 0.4) is 0 Å². The van der Waals surface area contributed by atoms with E-state index in [0.29, 0.717) is 0 Å². The molecule has 1 fully saturated rings. The van der Waals surface area contributed by atoms with E-state index in [1.165, 1.54) is 0 Å². The van der Waals surface area contributed by atoms with E-state index >= 15 is 0 Å². The second-order valence-electron chi connectivity index (χ2n) is 9.03. The van der Waals surface area contributed by atoms with Crippen LogP contribution in [-0.4, -0.2) is 53.5 Å². The first-order valence-corrected chi connectivity index (χ1v) is 11.7. The lowest BCUT2D eigenvalue weighted by atomic mass is 9.78. The third kappa shape index (κ3) is 5.56. The molecule has 0 spiro atoms. The Morgan fingerprint density at radius 2 is 1.59 bits per heavy atom.